The van der Waals surface area contributed by atoms with Crippen LogP contribution in [0.15, 0.2) is 0 Å². The lowest BCUT2D eigenvalue weighted by molar-refractivity contribution is -0.137. The number of hydrogen-bond donors (Lipinski definition) is 2. The van der Waals surface area contributed by atoms with Crippen LogP contribution < -0.4 is 0 Å². The molecule has 0 rings (SSSR count). The lowest BCUT2D eigenvalue weighted by Gasteiger charge is -2.01. The number of hydrogen-bond acceptors (Lipinski definition) is 3. The van der Waals surface area contributed by atoms with Gasteiger partial charge in [-0.3, -0.25) is 9.35 Å². The lowest BCUT2D eigenvalue weighted by atomic mass is 10.2. The van der Waals surface area contributed by atoms with Gasteiger partial charge in [-0.25, -0.2) is 4.39 Å². The summed E-state index contributed by atoms with van der Waals surface area (Å²) >= 11 is 0. The van der Waals surface area contributed by atoms with Crippen molar-refractivity contribution in [3.8, 4) is 0 Å². The molecule has 2 N–H and O–H groups in total. The van der Waals surface area contributed by atoms with Gasteiger partial charge in [0.25, 0.3) is 10.1 Å². The van der Waals surface area contributed by atoms with E-state index in [4.69, 9.17) is 9.66 Å². The molecule has 0 amide bonds. The summed E-state index contributed by atoms with van der Waals surface area (Å²) in [6.45, 7) is 0. The largest absolute Gasteiger partial charge is 0.481 e. The zero-order valence-corrected chi connectivity index (χ0v) is 6.92. The molecule has 1 atom stereocenters. The van der Waals surface area contributed by atoms with Crippen molar-refractivity contribution < 1.29 is 27.3 Å². The quantitative estimate of drug-likeness (QED) is 0.627. The van der Waals surface area contributed by atoms with E-state index in [1.165, 1.54) is 0 Å². The molecule has 0 aliphatic carbocycles. The number of halogens is 1. The number of rotatable bonds is 5. The molecule has 72 valence electrons. The zero-order chi connectivity index (χ0) is 9.78. The van der Waals surface area contributed by atoms with Gasteiger partial charge in [0.05, 0.1) is 0 Å². The van der Waals surface area contributed by atoms with E-state index in [1.54, 1.807) is 0 Å². The lowest BCUT2D eigenvalue weighted by Crippen LogP contribution is -2.15. The highest BCUT2D eigenvalue weighted by molar-refractivity contribution is 7.86. The van der Waals surface area contributed by atoms with Crippen LogP contribution in [-0.4, -0.2) is 29.6 Å². The summed E-state index contributed by atoms with van der Waals surface area (Å²) in [5.41, 5.74) is -2.38. The van der Waals surface area contributed by atoms with Gasteiger partial charge in [0.2, 0.25) is 5.50 Å². The molecule has 0 aromatic heterocycles. The first kappa shape index (κ1) is 11.3. The summed E-state index contributed by atoms with van der Waals surface area (Å²) in [7, 11) is -4.66. The summed E-state index contributed by atoms with van der Waals surface area (Å²) in [6.07, 6.45) is -0.919. The Bertz CT molecular complexity index is 247. The highest BCUT2D eigenvalue weighted by Crippen LogP contribution is 2.09. The Hall–Kier alpha value is -0.690. The first-order chi connectivity index (χ1) is 5.34. The minimum absolute atomic E-state index is 0.115. The Balaban J connectivity index is 3.73. The molecule has 0 aromatic carbocycles. The molecule has 1 unspecified atom stereocenters. The molecule has 0 aromatic rings. The third kappa shape index (κ3) is 5.03. The smallest absolute Gasteiger partial charge is 0.303 e. The molecular weight excluding hydrogens is 191 g/mol. The fraction of sp³-hybridized carbons (Fsp3) is 0.800. The van der Waals surface area contributed by atoms with Crippen LogP contribution in [0, 0.1) is 0 Å². The van der Waals surface area contributed by atoms with Crippen LogP contribution in [0.5, 0.6) is 0 Å². The van der Waals surface area contributed by atoms with Gasteiger partial charge in [-0.05, 0) is 12.8 Å². The van der Waals surface area contributed by atoms with E-state index >= 15 is 0 Å². The van der Waals surface area contributed by atoms with Crippen LogP contribution in [0.25, 0.3) is 0 Å². The summed E-state index contributed by atoms with van der Waals surface area (Å²) < 4.78 is 40.5. The second kappa shape index (κ2) is 4.36. The molecule has 0 bridgehead atoms. The monoisotopic (exact) mass is 200 g/mol. The number of aliphatic carboxylic acids is 1. The van der Waals surface area contributed by atoms with Crippen molar-refractivity contribution in [2.75, 3.05) is 0 Å². The van der Waals surface area contributed by atoms with Crippen LogP contribution >= 0.6 is 0 Å². The van der Waals surface area contributed by atoms with Gasteiger partial charge >= 0.3 is 5.97 Å². The van der Waals surface area contributed by atoms with Crippen molar-refractivity contribution in [2.24, 2.45) is 0 Å². The number of carbonyl (C=O) groups is 1. The zero-order valence-electron chi connectivity index (χ0n) is 6.10. The average molecular weight is 200 g/mol. The fourth-order valence-corrected chi connectivity index (χ4v) is 1.03. The molecule has 0 saturated carbocycles. The molecule has 0 heterocycles. The summed E-state index contributed by atoms with van der Waals surface area (Å²) in [5, 5.41) is 8.09. The van der Waals surface area contributed by atoms with Crippen LogP contribution in [0.4, 0.5) is 4.39 Å². The van der Waals surface area contributed by atoms with Crippen molar-refractivity contribution in [2.45, 2.75) is 24.8 Å². The molecule has 0 aliphatic heterocycles. The summed E-state index contributed by atoms with van der Waals surface area (Å²) in [5.74, 6) is -1.13. The Morgan fingerprint density at radius 1 is 1.50 bits per heavy atom. The standard InChI is InChI=1S/C5H9FO5S/c6-4(12(9,10)11)2-1-3-5(7)8/h4H,1-3H2,(H,7,8)(H,9,10,11). The van der Waals surface area contributed by atoms with Gasteiger partial charge in [0, 0.05) is 6.42 Å². The van der Waals surface area contributed by atoms with Gasteiger partial charge in [0.1, 0.15) is 0 Å². The maximum Gasteiger partial charge on any atom is 0.303 e. The Morgan fingerprint density at radius 3 is 2.33 bits per heavy atom. The first-order valence-electron chi connectivity index (χ1n) is 3.16. The Labute approximate surface area is 68.9 Å². The predicted octanol–water partition coefficient (Wildman–Crippen LogP) is 0.425. The van der Waals surface area contributed by atoms with E-state index in [9.17, 15) is 17.6 Å². The van der Waals surface area contributed by atoms with E-state index in [1.807, 2.05) is 0 Å². The van der Waals surface area contributed by atoms with Crippen molar-refractivity contribution >= 4 is 16.1 Å². The molecule has 0 radical (unpaired) electrons. The Morgan fingerprint density at radius 2 is 2.00 bits per heavy atom. The van der Waals surface area contributed by atoms with E-state index in [0.717, 1.165) is 0 Å². The molecule has 0 fully saturated rings. The number of carboxylic acids is 1. The normalized spacial score (nSPS) is 14.2. The maximum absolute atomic E-state index is 12.3. The molecule has 0 aliphatic rings. The minimum Gasteiger partial charge on any atom is -0.481 e. The van der Waals surface area contributed by atoms with Gasteiger partial charge in [-0.2, -0.15) is 8.42 Å². The van der Waals surface area contributed by atoms with Gasteiger partial charge in [-0.15, -0.1) is 0 Å². The SMILES string of the molecule is O=C(O)CCCC(F)S(=O)(=O)O. The van der Waals surface area contributed by atoms with Gasteiger partial charge in [0.15, 0.2) is 0 Å². The molecule has 0 saturated heterocycles. The highest BCUT2D eigenvalue weighted by Gasteiger charge is 2.21. The molecule has 12 heavy (non-hydrogen) atoms. The van der Waals surface area contributed by atoms with Crippen molar-refractivity contribution in [3.05, 3.63) is 0 Å². The van der Waals surface area contributed by atoms with E-state index in [0.29, 0.717) is 0 Å². The molecule has 0 spiro atoms. The molecule has 7 heteroatoms. The summed E-state index contributed by atoms with van der Waals surface area (Å²) in [4.78, 5) is 9.90. The molecular formula is C5H9FO5S. The van der Waals surface area contributed by atoms with Crippen molar-refractivity contribution in [3.63, 3.8) is 0 Å². The van der Waals surface area contributed by atoms with Crippen molar-refractivity contribution in [1.82, 2.24) is 0 Å². The topological polar surface area (TPSA) is 91.7 Å². The Kier molecular flexibility index (Phi) is 4.11. The van der Waals surface area contributed by atoms with Crippen LogP contribution in [-0.2, 0) is 14.9 Å². The third-order valence-electron chi connectivity index (χ3n) is 1.14. The number of carboxylic acid groups (broad SMARTS) is 1. The van der Waals surface area contributed by atoms with Crippen LogP contribution in [0.3, 0.4) is 0 Å². The highest BCUT2D eigenvalue weighted by atomic mass is 32.2. The summed E-state index contributed by atoms with van der Waals surface area (Å²) in [6, 6.07) is 0. The fourth-order valence-electron chi connectivity index (χ4n) is 0.563. The minimum atomic E-state index is -4.66. The average Bonchev–Trinajstić information content (AvgIpc) is 1.84. The second-order valence-corrected chi connectivity index (χ2v) is 3.75. The van der Waals surface area contributed by atoms with E-state index < -0.39 is 28.0 Å². The van der Waals surface area contributed by atoms with E-state index in [2.05, 4.69) is 0 Å². The van der Waals surface area contributed by atoms with Crippen molar-refractivity contribution in [1.29, 1.82) is 0 Å². The van der Waals surface area contributed by atoms with Gasteiger partial charge < -0.3 is 5.11 Å². The van der Waals surface area contributed by atoms with Gasteiger partial charge in [-0.1, -0.05) is 0 Å². The van der Waals surface area contributed by atoms with E-state index in [-0.39, 0.29) is 12.8 Å². The maximum atomic E-state index is 12.3. The third-order valence-corrected chi connectivity index (χ3v) is 2.03. The van der Waals surface area contributed by atoms with Crippen LogP contribution in [0.2, 0.25) is 0 Å². The predicted molar refractivity (Wildman–Crippen MR) is 37.9 cm³/mol. The number of alkyl halides is 1. The molecule has 5 nitrogen and oxygen atoms in total. The first-order valence-corrected chi connectivity index (χ1v) is 4.66. The van der Waals surface area contributed by atoms with Crippen LogP contribution in [0.1, 0.15) is 19.3 Å². The second-order valence-electron chi connectivity index (χ2n) is 2.21.